The van der Waals surface area contributed by atoms with Crippen LogP contribution < -0.4 is 4.72 Å². The third-order valence-electron chi connectivity index (χ3n) is 6.41. The molecule has 2 aromatic rings. The van der Waals surface area contributed by atoms with Crippen molar-refractivity contribution < 1.29 is 27.1 Å². The fraction of sp³-hybridized carbons (Fsp3) is 0.435. The number of hydrogen-bond donors (Lipinski definition) is 2. The van der Waals surface area contributed by atoms with Gasteiger partial charge in [-0.05, 0) is 55.4 Å². The van der Waals surface area contributed by atoms with Gasteiger partial charge in [-0.25, -0.2) is 21.9 Å². The molecule has 5 rings (SSSR count). The highest BCUT2D eigenvalue weighted by atomic mass is 32.2. The minimum Gasteiger partial charge on any atom is -0.384 e. The number of aliphatic hydroxyl groups is 1. The second-order valence-electron chi connectivity index (χ2n) is 8.79. The van der Waals surface area contributed by atoms with Crippen LogP contribution in [-0.4, -0.2) is 54.8 Å². The van der Waals surface area contributed by atoms with Gasteiger partial charge >= 0.3 is 0 Å². The number of amides is 1. The molecule has 1 saturated carbocycles. The van der Waals surface area contributed by atoms with Crippen molar-refractivity contribution >= 4 is 15.9 Å². The van der Waals surface area contributed by atoms with Crippen molar-refractivity contribution in [1.82, 2.24) is 9.62 Å². The van der Waals surface area contributed by atoms with E-state index in [0.717, 1.165) is 18.4 Å². The Balaban J connectivity index is 1.75. The molecular weight excluding hydrogens is 438 g/mol. The van der Waals surface area contributed by atoms with E-state index in [-0.39, 0.29) is 29.5 Å². The highest BCUT2D eigenvalue weighted by Crippen LogP contribution is 2.44. The standard InChI is InChI=1S/C23H26F2N2O4S/c1-13(28)23(29)27-18-9-16(10-18)22(26-32(2,30)31)20(27)11-15-8-17(24)12-19(21(15)25)14-6-4-3-5-7-14/h3-8,12-13,16,18,20,22,26,28H,9-11H2,1-2H3/t13-,16?,18?,20+,22+/m1/s1. The summed E-state index contributed by atoms with van der Waals surface area (Å²) >= 11 is 0. The van der Waals surface area contributed by atoms with Gasteiger partial charge in [0.25, 0.3) is 5.91 Å². The summed E-state index contributed by atoms with van der Waals surface area (Å²) in [5, 5.41) is 9.94. The summed E-state index contributed by atoms with van der Waals surface area (Å²) in [6.07, 6.45) is 0.867. The van der Waals surface area contributed by atoms with Gasteiger partial charge in [-0.15, -0.1) is 0 Å². The van der Waals surface area contributed by atoms with Gasteiger partial charge in [-0.3, -0.25) is 4.79 Å². The summed E-state index contributed by atoms with van der Waals surface area (Å²) in [5.74, 6) is -1.79. The molecule has 2 bridgehead atoms. The van der Waals surface area contributed by atoms with E-state index in [2.05, 4.69) is 4.72 Å². The molecule has 3 atom stereocenters. The molecule has 0 unspecified atom stereocenters. The van der Waals surface area contributed by atoms with Gasteiger partial charge in [0, 0.05) is 17.6 Å². The molecule has 1 aliphatic carbocycles. The number of sulfonamides is 1. The molecule has 3 fully saturated rings. The van der Waals surface area contributed by atoms with Gasteiger partial charge in [0.1, 0.15) is 17.7 Å². The van der Waals surface area contributed by atoms with Crippen LogP contribution in [0.3, 0.4) is 0 Å². The maximum atomic E-state index is 15.5. The number of nitrogens with one attached hydrogen (secondary N) is 1. The Morgan fingerprint density at radius 2 is 1.88 bits per heavy atom. The normalized spacial score (nSPS) is 25.8. The number of fused-ring (bicyclic) bond motifs is 2. The van der Waals surface area contributed by atoms with E-state index in [1.54, 1.807) is 30.3 Å². The largest absolute Gasteiger partial charge is 0.384 e. The van der Waals surface area contributed by atoms with E-state index in [0.29, 0.717) is 18.4 Å². The molecule has 2 aromatic carbocycles. The number of rotatable bonds is 6. The summed E-state index contributed by atoms with van der Waals surface area (Å²) in [6.45, 7) is 1.35. The molecule has 3 aliphatic rings. The first-order valence-corrected chi connectivity index (χ1v) is 12.4. The number of halogens is 2. The summed E-state index contributed by atoms with van der Waals surface area (Å²) in [6, 6.07) is 9.23. The smallest absolute Gasteiger partial charge is 0.251 e. The molecule has 6 nitrogen and oxygen atoms in total. The van der Waals surface area contributed by atoms with Crippen molar-refractivity contribution in [2.45, 2.75) is 50.4 Å². The second kappa shape index (κ2) is 8.53. The van der Waals surface area contributed by atoms with Crippen LogP contribution >= 0.6 is 0 Å². The van der Waals surface area contributed by atoms with Crippen LogP contribution in [-0.2, 0) is 21.2 Å². The number of carbonyl (C=O) groups is 1. The Morgan fingerprint density at radius 1 is 1.22 bits per heavy atom. The van der Waals surface area contributed by atoms with Crippen molar-refractivity contribution in [1.29, 1.82) is 0 Å². The van der Waals surface area contributed by atoms with Crippen LogP contribution in [0.4, 0.5) is 8.78 Å². The molecule has 2 heterocycles. The van der Waals surface area contributed by atoms with Crippen LogP contribution in [0.1, 0.15) is 25.3 Å². The van der Waals surface area contributed by atoms with Gasteiger partial charge in [0.15, 0.2) is 0 Å². The Hall–Kier alpha value is -2.36. The third kappa shape index (κ3) is 4.42. The molecule has 0 aromatic heterocycles. The summed E-state index contributed by atoms with van der Waals surface area (Å²) < 4.78 is 56.6. The minimum atomic E-state index is -3.61. The van der Waals surface area contributed by atoms with Crippen LogP contribution in [0.25, 0.3) is 11.1 Å². The van der Waals surface area contributed by atoms with Crippen LogP contribution in [0.5, 0.6) is 0 Å². The maximum absolute atomic E-state index is 15.5. The first-order valence-electron chi connectivity index (χ1n) is 10.6. The zero-order valence-corrected chi connectivity index (χ0v) is 18.6. The van der Waals surface area contributed by atoms with Crippen LogP contribution in [0.2, 0.25) is 0 Å². The Labute approximate surface area is 186 Å². The van der Waals surface area contributed by atoms with Crippen molar-refractivity contribution in [3.05, 3.63) is 59.7 Å². The lowest BCUT2D eigenvalue weighted by molar-refractivity contribution is -0.157. The molecule has 1 amide bonds. The van der Waals surface area contributed by atoms with Crippen molar-refractivity contribution in [2.75, 3.05) is 6.26 Å². The lowest BCUT2D eigenvalue weighted by Crippen LogP contribution is -2.71. The minimum absolute atomic E-state index is 0.0111. The van der Waals surface area contributed by atoms with Gasteiger partial charge in [-0.1, -0.05) is 30.3 Å². The van der Waals surface area contributed by atoms with E-state index >= 15 is 4.39 Å². The molecular formula is C23H26F2N2O4S. The quantitative estimate of drug-likeness (QED) is 0.688. The molecule has 2 saturated heterocycles. The maximum Gasteiger partial charge on any atom is 0.251 e. The zero-order chi connectivity index (χ0) is 23.2. The Kier molecular flexibility index (Phi) is 6.08. The Morgan fingerprint density at radius 3 is 2.47 bits per heavy atom. The summed E-state index contributed by atoms with van der Waals surface area (Å²) in [5.41, 5.74) is 0.668. The predicted molar refractivity (Wildman–Crippen MR) is 116 cm³/mol. The molecule has 32 heavy (non-hydrogen) atoms. The summed E-state index contributed by atoms with van der Waals surface area (Å²) in [4.78, 5) is 14.3. The monoisotopic (exact) mass is 464 g/mol. The lowest BCUT2D eigenvalue weighted by Gasteiger charge is -2.58. The van der Waals surface area contributed by atoms with E-state index < -0.39 is 45.8 Å². The first-order chi connectivity index (χ1) is 15.0. The van der Waals surface area contributed by atoms with Crippen molar-refractivity contribution in [2.24, 2.45) is 5.92 Å². The van der Waals surface area contributed by atoms with Gasteiger partial charge in [0.2, 0.25) is 10.0 Å². The topological polar surface area (TPSA) is 86.7 Å². The number of aliphatic hydroxyl groups excluding tert-OH is 1. The first kappa shape index (κ1) is 22.8. The molecule has 0 radical (unpaired) electrons. The molecule has 172 valence electrons. The molecule has 2 aliphatic heterocycles. The number of benzene rings is 2. The third-order valence-corrected chi connectivity index (χ3v) is 7.11. The fourth-order valence-corrected chi connectivity index (χ4v) is 5.81. The van der Waals surface area contributed by atoms with Crippen molar-refractivity contribution in [3.63, 3.8) is 0 Å². The van der Waals surface area contributed by atoms with E-state index in [1.807, 2.05) is 0 Å². The average Bonchev–Trinajstić information content (AvgIpc) is 2.69. The lowest BCUT2D eigenvalue weighted by atomic mass is 9.66. The van der Waals surface area contributed by atoms with E-state index in [1.165, 1.54) is 11.8 Å². The average molecular weight is 465 g/mol. The van der Waals surface area contributed by atoms with Crippen molar-refractivity contribution in [3.8, 4) is 11.1 Å². The molecule has 0 spiro atoms. The second-order valence-corrected chi connectivity index (χ2v) is 10.6. The molecule has 2 N–H and O–H groups in total. The van der Waals surface area contributed by atoms with Crippen LogP contribution in [0.15, 0.2) is 42.5 Å². The predicted octanol–water partition coefficient (Wildman–Crippen LogP) is 2.46. The van der Waals surface area contributed by atoms with E-state index in [4.69, 9.17) is 0 Å². The SMILES string of the molecule is C[C@@H](O)C(=O)N1C2CC(C2)[C@H](NS(C)(=O)=O)[C@@H]1Cc1cc(F)cc(-c2ccccc2)c1F. The number of hydrogen-bond acceptors (Lipinski definition) is 4. The van der Waals surface area contributed by atoms with Crippen LogP contribution in [0, 0.1) is 17.6 Å². The number of piperidine rings is 2. The zero-order valence-electron chi connectivity index (χ0n) is 17.8. The van der Waals surface area contributed by atoms with Gasteiger partial charge < -0.3 is 10.0 Å². The number of nitrogens with zero attached hydrogens (tertiary/aromatic N) is 1. The fourth-order valence-electron chi connectivity index (χ4n) is 4.96. The number of carbonyl (C=O) groups excluding carboxylic acids is 1. The Bertz CT molecular complexity index is 1120. The highest BCUT2D eigenvalue weighted by Gasteiger charge is 2.53. The molecule has 9 heteroatoms. The summed E-state index contributed by atoms with van der Waals surface area (Å²) in [7, 11) is -3.61. The van der Waals surface area contributed by atoms with Gasteiger partial charge in [-0.2, -0.15) is 0 Å². The highest BCUT2D eigenvalue weighted by molar-refractivity contribution is 7.88. The van der Waals surface area contributed by atoms with Gasteiger partial charge in [0.05, 0.1) is 12.3 Å². The van der Waals surface area contributed by atoms with E-state index in [9.17, 15) is 22.7 Å².